The van der Waals surface area contributed by atoms with Crippen molar-refractivity contribution in [3.63, 3.8) is 0 Å². The molecule has 1 aliphatic rings. The number of rotatable bonds is 3. The summed E-state index contributed by atoms with van der Waals surface area (Å²) in [5, 5.41) is 0.683. The number of amides is 3. The first-order chi connectivity index (χ1) is 11.0. The van der Waals surface area contributed by atoms with Gasteiger partial charge in [0, 0.05) is 6.54 Å². The van der Waals surface area contributed by atoms with Crippen LogP contribution in [0.2, 0.25) is 10.0 Å². The Morgan fingerprint density at radius 2 is 1.70 bits per heavy atom. The van der Waals surface area contributed by atoms with Crippen molar-refractivity contribution >= 4 is 40.8 Å². The van der Waals surface area contributed by atoms with Gasteiger partial charge in [0.05, 0.1) is 15.7 Å². The molecule has 1 atom stereocenters. The second-order valence-electron chi connectivity index (χ2n) is 5.34. The lowest BCUT2D eigenvalue weighted by atomic mass is 10.2. The molecule has 0 aliphatic carbocycles. The summed E-state index contributed by atoms with van der Waals surface area (Å²) in [5.41, 5.74) is 1.40. The molecule has 1 aliphatic heterocycles. The highest BCUT2D eigenvalue weighted by atomic mass is 35.5. The van der Waals surface area contributed by atoms with Crippen LogP contribution < -0.4 is 4.90 Å². The van der Waals surface area contributed by atoms with E-state index in [9.17, 15) is 9.59 Å². The van der Waals surface area contributed by atoms with Gasteiger partial charge in [-0.2, -0.15) is 0 Å². The summed E-state index contributed by atoms with van der Waals surface area (Å²) in [6.45, 7) is 2.10. The van der Waals surface area contributed by atoms with E-state index in [1.807, 2.05) is 30.3 Å². The van der Waals surface area contributed by atoms with E-state index >= 15 is 0 Å². The molecule has 0 bridgehead atoms. The average Bonchev–Trinajstić information content (AvgIpc) is 2.75. The maximum Gasteiger partial charge on any atom is 0.332 e. The summed E-state index contributed by atoms with van der Waals surface area (Å²) in [5.74, 6) is -0.274. The number of halogens is 2. The molecule has 0 unspecified atom stereocenters. The van der Waals surface area contributed by atoms with Crippen LogP contribution in [-0.4, -0.2) is 22.9 Å². The molecule has 1 heterocycles. The highest BCUT2D eigenvalue weighted by Gasteiger charge is 2.43. The zero-order chi connectivity index (χ0) is 16.6. The lowest BCUT2D eigenvalue weighted by Gasteiger charge is -2.19. The molecule has 1 fully saturated rings. The van der Waals surface area contributed by atoms with Crippen molar-refractivity contribution in [2.24, 2.45) is 0 Å². The van der Waals surface area contributed by atoms with Crippen LogP contribution in [-0.2, 0) is 11.3 Å². The molecule has 6 heteroatoms. The number of urea groups is 1. The van der Waals surface area contributed by atoms with Gasteiger partial charge < -0.3 is 4.90 Å². The normalized spacial score (nSPS) is 18.0. The molecule has 3 rings (SSSR count). The number of hydrogen-bond acceptors (Lipinski definition) is 2. The molecule has 23 heavy (non-hydrogen) atoms. The zero-order valence-electron chi connectivity index (χ0n) is 12.4. The van der Waals surface area contributed by atoms with Gasteiger partial charge in [-0.25, -0.2) is 9.69 Å². The largest absolute Gasteiger partial charge is 0.332 e. The van der Waals surface area contributed by atoms with E-state index in [0.29, 0.717) is 22.3 Å². The third-order valence-corrected chi connectivity index (χ3v) is 4.58. The predicted molar refractivity (Wildman–Crippen MR) is 90.8 cm³/mol. The lowest BCUT2D eigenvalue weighted by Crippen LogP contribution is -2.33. The van der Waals surface area contributed by atoms with Crippen LogP contribution in [0.5, 0.6) is 0 Å². The molecule has 0 spiro atoms. The van der Waals surface area contributed by atoms with Crippen molar-refractivity contribution in [1.29, 1.82) is 0 Å². The van der Waals surface area contributed by atoms with Crippen LogP contribution in [0.1, 0.15) is 12.5 Å². The third-order valence-electron chi connectivity index (χ3n) is 3.84. The number of hydrogen-bond donors (Lipinski definition) is 0. The van der Waals surface area contributed by atoms with Gasteiger partial charge in [-0.05, 0) is 30.7 Å². The maximum atomic E-state index is 12.7. The van der Waals surface area contributed by atoms with Gasteiger partial charge in [0.1, 0.15) is 6.04 Å². The van der Waals surface area contributed by atoms with Gasteiger partial charge in [0.15, 0.2) is 0 Å². The van der Waals surface area contributed by atoms with E-state index in [4.69, 9.17) is 23.2 Å². The molecular weight excluding hydrogens is 335 g/mol. The first-order valence-corrected chi connectivity index (χ1v) is 7.88. The number of nitrogens with zero attached hydrogens (tertiary/aromatic N) is 2. The van der Waals surface area contributed by atoms with Crippen LogP contribution in [0.15, 0.2) is 48.5 Å². The van der Waals surface area contributed by atoms with E-state index < -0.39 is 6.04 Å². The monoisotopic (exact) mass is 348 g/mol. The van der Waals surface area contributed by atoms with E-state index in [0.717, 1.165) is 10.5 Å². The minimum Gasteiger partial charge on any atom is -0.308 e. The summed E-state index contributed by atoms with van der Waals surface area (Å²) in [7, 11) is 0. The number of carbonyl (C=O) groups is 2. The molecular formula is C17H14Cl2N2O2. The molecule has 0 saturated carbocycles. The van der Waals surface area contributed by atoms with Gasteiger partial charge in [-0.3, -0.25) is 4.79 Å². The van der Waals surface area contributed by atoms with Gasteiger partial charge in [0.25, 0.3) is 5.91 Å². The zero-order valence-corrected chi connectivity index (χ0v) is 13.9. The average molecular weight is 349 g/mol. The fourth-order valence-corrected chi connectivity index (χ4v) is 2.85. The number of anilines is 1. The van der Waals surface area contributed by atoms with Gasteiger partial charge in [-0.1, -0.05) is 53.5 Å². The Morgan fingerprint density at radius 3 is 2.35 bits per heavy atom. The van der Waals surface area contributed by atoms with Crippen molar-refractivity contribution in [3.8, 4) is 0 Å². The molecule has 0 radical (unpaired) electrons. The fraction of sp³-hybridized carbons (Fsp3) is 0.176. The number of benzene rings is 2. The fourth-order valence-electron chi connectivity index (χ4n) is 2.56. The standard InChI is InChI=1S/C17H14Cl2N2O2/c1-11-16(22)21(13-7-8-14(18)15(19)9-13)17(23)20(11)10-12-5-3-2-4-6-12/h2-9,11H,10H2,1H3/t11-/m0/s1. The molecule has 3 amide bonds. The molecule has 1 saturated heterocycles. The van der Waals surface area contributed by atoms with Gasteiger partial charge in [-0.15, -0.1) is 0 Å². The van der Waals surface area contributed by atoms with Crippen molar-refractivity contribution < 1.29 is 9.59 Å². The van der Waals surface area contributed by atoms with E-state index in [2.05, 4.69) is 0 Å². The first kappa shape index (κ1) is 15.8. The lowest BCUT2D eigenvalue weighted by molar-refractivity contribution is -0.119. The molecule has 0 N–H and O–H groups in total. The van der Waals surface area contributed by atoms with Gasteiger partial charge in [0.2, 0.25) is 0 Å². The minimum atomic E-state index is -0.530. The van der Waals surface area contributed by atoms with Crippen LogP contribution in [0.3, 0.4) is 0 Å². The summed E-state index contributed by atoms with van der Waals surface area (Å²) < 4.78 is 0. The van der Waals surface area contributed by atoms with Crippen molar-refractivity contribution in [1.82, 2.24) is 4.90 Å². The van der Waals surface area contributed by atoms with Crippen LogP contribution in [0.25, 0.3) is 0 Å². The number of carbonyl (C=O) groups excluding carboxylic acids is 2. The molecule has 118 valence electrons. The van der Waals surface area contributed by atoms with Crippen molar-refractivity contribution in [3.05, 3.63) is 64.1 Å². The Labute approximate surface area is 144 Å². The first-order valence-electron chi connectivity index (χ1n) is 7.12. The second-order valence-corrected chi connectivity index (χ2v) is 6.16. The molecule has 0 aromatic heterocycles. The summed E-state index contributed by atoms with van der Waals surface area (Å²) in [6.07, 6.45) is 0. The SMILES string of the molecule is C[C@H]1C(=O)N(c2ccc(Cl)c(Cl)c2)C(=O)N1Cc1ccccc1. The quantitative estimate of drug-likeness (QED) is 0.773. The molecule has 4 nitrogen and oxygen atoms in total. The van der Waals surface area contributed by atoms with Crippen molar-refractivity contribution in [2.75, 3.05) is 4.90 Å². The highest BCUT2D eigenvalue weighted by molar-refractivity contribution is 6.42. The summed E-state index contributed by atoms with van der Waals surface area (Å²) in [4.78, 5) is 27.9. The smallest absolute Gasteiger partial charge is 0.308 e. The van der Waals surface area contributed by atoms with E-state index in [1.54, 1.807) is 24.0 Å². The van der Waals surface area contributed by atoms with E-state index in [1.165, 1.54) is 6.07 Å². The Bertz CT molecular complexity index is 764. The van der Waals surface area contributed by atoms with Crippen LogP contribution in [0, 0.1) is 0 Å². The molecule has 2 aromatic rings. The third kappa shape index (κ3) is 2.92. The Kier molecular flexibility index (Phi) is 4.28. The second kappa shape index (κ2) is 6.22. The summed E-state index contributed by atoms with van der Waals surface area (Å²) >= 11 is 11.9. The summed E-state index contributed by atoms with van der Waals surface area (Å²) in [6, 6.07) is 13.4. The topological polar surface area (TPSA) is 40.6 Å². The highest BCUT2D eigenvalue weighted by Crippen LogP contribution is 2.31. The predicted octanol–water partition coefficient (Wildman–Crippen LogP) is 4.35. The Morgan fingerprint density at radius 1 is 1.00 bits per heavy atom. The minimum absolute atomic E-state index is 0.274. The Hall–Kier alpha value is -2.04. The molecule has 2 aromatic carbocycles. The maximum absolute atomic E-state index is 12.7. The Balaban J connectivity index is 1.90. The van der Waals surface area contributed by atoms with Crippen LogP contribution in [0.4, 0.5) is 10.5 Å². The number of imide groups is 1. The van der Waals surface area contributed by atoms with Crippen LogP contribution >= 0.6 is 23.2 Å². The van der Waals surface area contributed by atoms with Gasteiger partial charge >= 0.3 is 6.03 Å². The van der Waals surface area contributed by atoms with E-state index in [-0.39, 0.29) is 11.9 Å². The van der Waals surface area contributed by atoms with Crippen molar-refractivity contribution in [2.45, 2.75) is 19.5 Å².